The fourth-order valence-electron chi connectivity index (χ4n) is 6.43. The third kappa shape index (κ3) is 6.15. The second kappa shape index (κ2) is 12.8. The van der Waals surface area contributed by atoms with Gasteiger partial charge in [-0.25, -0.2) is 9.50 Å². The molecule has 11 nitrogen and oxygen atoms in total. The Kier molecular flexibility index (Phi) is 8.73. The minimum Gasteiger partial charge on any atom is -0.383 e. The molecule has 0 unspecified atom stereocenters. The Bertz CT molecular complexity index is 1610. The molecule has 2 aromatic carbocycles. The third-order valence-electron chi connectivity index (χ3n) is 8.77. The normalized spacial score (nSPS) is 20.3. The molecule has 1 aliphatic carbocycles. The van der Waals surface area contributed by atoms with Gasteiger partial charge >= 0.3 is 0 Å². The number of benzene rings is 1. The van der Waals surface area contributed by atoms with Gasteiger partial charge < -0.3 is 25.4 Å². The summed E-state index contributed by atoms with van der Waals surface area (Å²) in [5.41, 5.74) is 5.64. The fourth-order valence-corrected chi connectivity index (χ4v) is 6.43. The Morgan fingerprint density at radius 2 is 1.77 bits per heavy atom. The summed E-state index contributed by atoms with van der Waals surface area (Å²) >= 11 is 0. The van der Waals surface area contributed by atoms with Crippen LogP contribution in [0.1, 0.15) is 49.8 Å². The maximum Gasteiger partial charge on any atom is 0.253 e. The van der Waals surface area contributed by atoms with Gasteiger partial charge in [-0.05, 0) is 49.8 Å². The first-order valence-electron chi connectivity index (χ1n) is 15.3. The smallest absolute Gasteiger partial charge is 0.253 e. The highest BCUT2D eigenvalue weighted by molar-refractivity contribution is 5.81. The van der Waals surface area contributed by atoms with Crippen molar-refractivity contribution in [3.63, 3.8) is 0 Å². The second-order valence-electron chi connectivity index (χ2n) is 11.8. The zero-order valence-electron chi connectivity index (χ0n) is 25.2. The predicted octanol–water partition coefficient (Wildman–Crippen LogP) is 3.45. The van der Waals surface area contributed by atoms with Crippen LogP contribution < -0.4 is 26.8 Å². The van der Waals surface area contributed by atoms with E-state index in [9.17, 15) is 9.59 Å². The Morgan fingerprint density at radius 3 is 2.47 bits per heavy atom. The van der Waals surface area contributed by atoms with Gasteiger partial charge in [0, 0.05) is 63.1 Å². The van der Waals surface area contributed by atoms with E-state index >= 15 is 0 Å². The standard InChI is InChI=1S/C32H41N7O4/c1-20(19-42-3)35-32-34-17-27-25(22-6-4-21(5-7-22)18-38-12-14-43-15-13-38)16-26(39(27)37-32)23-8-10-24(11-9-23)36-29-28(33-2)30(40)31(29)41/h4-7,16-17,20,23-24,33,36H,8-15,18-19H2,1-3H3,(H,35,37)/t20-,23-,24-/m0/s1. The second-order valence-corrected chi connectivity index (χ2v) is 11.8. The Balaban J connectivity index is 1.24. The molecule has 2 aliphatic rings. The van der Waals surface area contributed by atoms with Crippen molar-refractivity contribution in [3.8, 4) is 11.1 Å². The van der Waals surface area contributed by atoms with Crippen molar-refractivity contribution in [2.45, 2.75) is 57.2 Å². The molecule has 1 atom stereocenters. The molecule has 2 fully saturated rings. The number of aromatic nitrogens is 3. The van der Waals surface area contributed by atoms with Crippen molar-refractivity contribution in [1.82, 2.24) is 19.5 Å². The minimum atomic E-state index is -0.441. The maximum absolute atomic E-state index is 12.1. The van der Waals surface area contributed by atoms with E-state index in [0.29, 0.717) is 29.8 Å². The van der Waals surface area contributed by atoms with Crippen LogP contribution in [0.25, 0.3) is 16.6 Å². The molecule has 43 heavy (non-hydrogen) atoms. The summed E-state index contributed by atoms with van der Waals surface area (Å²) in [4.78, 5) is 31.0. The van der Waals surface area contributed by atoms with E-state index in [2.05, 4.69) is 60.7 Å². The van der Waals surface area contributed by atoms with Crippen molar-refractivity contribution in [2.75, 3.05) is 63.0 Å². The van der Waals surface area contributed by atoms with Crippen molar-refractivity contribution < 1.29 is 9.47 Å². The molecule has 4 aromatic rings. The van der Waals surface area contributed by atoms with Crippen LogP contribution in [-0.2, 0) is 16.0 Å². The first-order chi connectivity index (χ1) is 20.9. The number of nitrogens with one attached hydrogen (secondary N) is 3. The number of hydrogen-bond acceptors (Lipinski definition) is 10. The number of rotatable bonds is 11. The average molecular weight is 588 g/mol. The van der Waals surface area contributed by atoms with Gasteiger partial charge in [-0.2, -0.15) is 0 Å². The van der Waals surface area contributed by atoms with Crippen LogP contribution in [0.15, 0.2) is 46.1 Å². The summed E-state index contributed by atoms with van der Waals surface area (Å²) in [5, 5.41) is 14.5. The SMILES string of the molecule is CNc1c(N[C@H]2CC[C@H](c3cc(-c4ccc(CN5CCOCC5)cc4)c4cnc(N[C@@H](C)COC)nn43)CC2)c(=O)c1=O. The third-order valence-corrected chi connectivity index (χ3v) is 8.77. The van der Waals surface area contributed by atoms with E-state index in [4.69, 9.17) is 14.6 Å². The van der Waals surface area contributed by atoms with Crippen molar-refractivity contribution >= 4 is 22.8 Å². The first kappa shape index (κ1) is 29.3. The molecule has 3 heterocycles. The van der Waals surface area contributed by atoms with E-state index in [1.54, 1.807) is 14.2 Å². The molecule has 11 heteroatoms. The van der Waals surface area contributed by atoms with Gasteiger partial charge in [-0.15, -0.1) is 5.10 Å². The number of ether oxygens (including phenoxy) is 2. The van der Waals surface area contributed by atoms with Crippen LogP contribution in [0.4, 0.5) is 17.3 Å². The Hall–Kier alpha value is -3.80. The highest BCUT2D eigenvalue weighted by Crippen LogP contribution is 2.38. The van der Waals surface area contributed by atoms with Gasteiger partial charge in [-0.3, -0.25) is 14.5 Å². The first-order valence-corrected chi connectivity index (χ1v) is 15.3. The van der Waals surface area contributed by atoms with E-state index in [1.807, 2.05) is 13.1 Å². The van der Waals surface area contributed by atoms with Crippen molar-refractivity contribution in [2.24, 2.45) is 0 Å². The molecule has 1 saturated carbocycles. The fraction of sp³-hybridized carbons (Fsp3) is 0.500. The van der Waals surface area contributed by atoms with Gasteiger partial charge in [0.25, 0.3) is 10.9 Å². The number of morpholine rings is 1. The molecule has 0 radical (unpaired) electrons. The Labute approximate surface area is 251 Å². The monoisotopic (exact) mass is 587 g/mol. The molecule has 6 rings (SSSR count). The van der Waals surface area contributed by atoms with Crippen LogP contribution in [0.3, 0.4) is 0 Å². The molecule has 228 valence electrons. The quantitative estimate of drug-likeness (QED) is 0.225. The topological polar surface area (TPSA) is 122 Å². The highest BCUT2D eigenvalue weighted by atomic mass is 16.5. The zero-order valence-corrected chi connectivity index (χ0v) is 25.2. The van der Waals surface area contributed by atoms with Crippen LogP contribution in [0.5, 0.6) is 0 Å². The zero-order chi connectivity index (χ0) is 29.9. The highest BCUT2D eigenvalue weighted by Gasteiger charge is 2.29. The summed E-state index contributed by atoms with van der Waals surface area (Å²) in [6.45, 7) is 7.04. The van der Waals surface area contributed by atoms with Gasteiger partial charge in [0.2, 0.25) is 5.95 Å². The van der Waals surface area contributed by atoms with Gasteiger partial charge in [0.15, 0.2) is 0 Å². The van der Waals surface area contributed by atoms with E-state index in [0.717, 1.165) is 80.9 Å². The lowest BCUT2D eigenvalue weighted by molar-refractivity contribution is 0.0342. The molecule has 0 bridgehead atoms. The predicted molar refractivity (Wildman–Crippen MR) is 169 cm³/mol. The molecule has 0 amide bonds. The Morgan fingerprint density at radius 1 is 1.05 bits per heavy atom. The maximum atomic E-state index is 12.1. The molecule has 2 aromatic heterocycles. The number of methoxy groups -OCH3 is 1. The number of fused-ring (bicyclic) bond motifs is 1. The number of nitrogens with zero attached hydrogens (tertiary/aromatic N) is 4. The van der Waals surface area contributed by atoms with Gasteiger partial charge in [0.1, 0.15) is 11.4 Å². The molecule has 1 aliphatic heterocycles. The summed E-state index contributed by atoms with van der Waals surface area (Å²) in [6.07, 6.45) is 5.59. The molecular weight excluding hydrogens is 546 g/mol. The van der Waals surface area contributed by atoms with E-state index < -0.39 is 10.9 Å². The van der Waals surface area contributed by atoms with Crippen LogP contribution >= 0.6 is 0 Å². The van der Waals surface area contributed by atoms with Gasteiger partial charge in [0.05, 0.1) is 31.5 Å². The van der Waals surface area contributed by atoms with Crippen molar-refractivity contribution in [1.29, 1.82) is 0 Å². The lowest BCUT2D eigenvalue weighted by Crippen LogP contribution is -2.39. The summed E-state index contributed by atoms with van der Waals surface area (Å²) in [7, 11) is 3.36. The summed E-state index contributed by atoms with van der Waals surface area (Å²) in [5.74, 6) is 0.867. The van der Waals surface area contributed by atoms with Crippen molar-refractivity contribution in [3.05, 3.63) is 68.2 Å². The summed E-state index contributed by atoms with van der Waals surface area (Å²) in [6, 6.07) is 11.3. The number of hydrogen-bond donors (Lipinski definition) is 3. The van der Waals surface area contributed by atoms with Crippen LogP contribution in [0.2, 0.25) is 0 Å². The number of anilines is 3. The molecule has 3 N–H and O–H groups in total. The lowest BCUT2D eigenvalue weighted by atomic mass is 9.83. The van der Waals surface area contributed by atoms with Gasteiger partial charge in [-0.1, -0.05) is 24.3 Å². The average Bonchev–Trinajstić information content (AvgIpc) is 3.41. The minimum absolute atomic E-state index is 0.0689. The van der Waals surface area contributed by atoms with Crippen LogP contribution in [-0.4, -0.2) is 78.6 Å². The van der Waals surface area contributed by atoms with Crippen LogP contribution in [0, 0.1) is 0 Å². The summed E-state index contributed by atoms with van der Waals surface area (Å²) < 4.78 is 12.8. The lowest BCUT2D eigenvalue weighted by Gasteiger charge is -2.30. The molecule has 1 saturated heterocycles. The molecule has 0 spiro atoms. The van der Waals surface area contributed by atoms with E-state index in [1.165, 1.54) is 5.56 Å². The largest absolute Gasteiger partial charge is 0.383 e. The van der Waals surface area contributed by atoms with E-state index in [-0.39, 0.29) is 12.1 Å². The molecular formula is C32H41N7O4.